The summed E-state index contributed by atoms with van der Waals surface area (Å²) in [6, 6.07) is 2.78. The Hall–Kier alpha value is -2.93. The van der Waals surface area contributed by atoms with Crippen LogP contribution < -0.4 is 5.32 Å². The number of benzene rings is 1. The number of nitrogens with zero attached hydrogens (tertiary/aromatic N) is 3. The Morgan fingerprint density at radius 2 is 1.83 bits per heavy atom. The average molecular weight is 695 g/mol. The van der Waals surface area contributed by atoms with Crippen LogP contribution in [-0.4, -0.2) is 93.1 Å². The summed E-state index contributed by atoms with van der Waals surface area (Å²) in [5, 5.41) is 3.03. The number of fused-ring (bicyclic) bond motifs is 2. The van der Waals surface area contributed by atoms with Crippen molar-refractivity contribution in [2.75, 3.05) is 26.2 Å². The Labute approximate surface area is 276 Å². The number of nitrogens with one attached hydrogen (secondary N) is 1. The Morgan fingerprint density at radius 1 is 1.11 bits per heavy atom. The Morgan fingerprint density at radius 3 is 2.53 bits per heavy atom. The fourth-order valence-corrected chi connectivity index (χ4v) is 9.94. The van der Waals surface area contributed by atoms with Crippen molar-refractivity contribution in [2.45, 2.75) is 101 Å². The number of carbonyl (C=O) groups is 4. The molecule has 4 fully saturated rings. The van der Waals surface area contributed by atoms with E-state index >= 15 is 0 Å². The highest BCUT2D eigenvalue weighted by atomic mass is 32.1. The molecular formula is C32H41F2N4O7PS. The molecule has 256 valence electrons. The third kappa shape index (κ3) is 6.11. The van der Waals surface area contributed by atoms with Crippen molar-refractivity contribution in [2.24, 2.45) is 0 Å². The van der Waals surface area contributed by atoms with Crippen molar-refractivity contribution < 1.29 is 41.9 Å². The van der Waals surface area contributed by atoms with Gasteiger partial charge in [0.1, 0.15) is 12.1 Å². The highest BCUT2D eigenvalue weighted by molar-refractivity contribution is 7.53. The van der Waals surface area contributed by atoms with Gasteiger partial charge in [-0.15, -0.1) is 11.3 Å². The van der Waals surface area contributed by atoms with E-state index in [0.717, 1.165) is 62.0 Å². The molecule has 0 bridgehead atoms. The van der Waals surface area contributed by atoms with Crippen molar-refractivity contribution in [1.82, 2.24) is 20.0 Å². The molecular weight excluding hydrogens is 653 g/mol. The van der Waals surface area contributed by atoms with Crippen molar-refractivity contribution >= 4 is 52.6 Å². The highest BCUT2D eigenvalue weighted by Crippen LogP contribution is 2.63. The SMILES string of the molecule is CCOP(=O)(O)C(F)(F)c1ccc2sc(C(=O)N[C@H]3CN(C(C)=O)CC[C@H]4CC[C@@H](C(=O)N5CCCC56CCCC6)N4C3=O)cc2c1. The number of likely N-dealkylation sites (tertiary alicyclic amines) is 1. The van der Waals surface area contributed by atoms with Crippen LogP contribution in [0.15, 0.2) is 24.3 Å². The Balaban J connectivity index is 1.25. The molecule has 1 spiro atoms. The molecule has 1 unspecified atom stereocenters. The van der Waals surface area contributed by atoms with Gasteiger partial charge in [-0.25, -0.2) is 0 Å². The van der Waals surface area contributed by atoms with Gasteiger partial charge in [0.2, 0.25) is 17.7 Å². The standard InChI is InChI=1S/C32H41F2N4O7PS/c1-3-45-46(43,44)32(33,34)22-7-10-26-21(17-22)18-27(47-26)28(40)35-24-19-36(20(2)39)16-11-23-8-9-25(38(23)29(24)41)30(42)37-15-6-14-31(37)12-4-5-13-31/h7,10,17-18,23-25H,3-6,8-9,11-16,19H2,1-2H3,(H,35,40)(H,43,44)/t23-,24+,25+/m1/s1. The molecule has 3 saturated heterocycles. The third-order valence-corrected chi connectivity index (χ3v) is 13.1. The first-order valence-electron chi connectivity index (χ1n) is 16.4. The maximum absolute atomic E-state index is 14.9. The van der Waals surface area contributed by atoms with Gasteiger partial charge in [-0.1, -0.05) is 18.9 Å². The zero-order chi connectivity index (χ0) is 33.7. The molecule has 3 aliphatic heterocycles. The van der Waals surface area contributed by atoms with E-state index in [1.54, 1.807) is 4.90 Å². The molecule has 1 aliphatic carbocycles. The lowest BCUT2D eigenvalue weighted by molar-refractivity contribution is -0.150. The summed E-state index contributed by atoms with van der Waals surface area (Å²) >= 11 is 1.02. The minimum atomic E-state index is -5.31. The molecule has 11 nitrogen and oxygen atoms in total. The normalized spacial score (nSPS) is 25.9. The van der Waals surface area contributed by atoms with Gasteiger partial charge in [0, 0.05) is 48.4 Å². The molecule has 4 aliphatic rings. The van der Waals surface area contributed by atoms with Gasteiger partial charge >= 0.3 is 13.3 Å². The van der Waals surface area contributed by atoms with Crippen molar-refractivity contribution in [3.8, 4) is 0 Å². The number of halogens is 2. The lowest BCUT2D eigenvalue weighted by atomic mass is 9.93. The van der Waals surface area contributed by atoms with Crippen LogP contribution in [0.5, 0.6) is 0 Å². The number of rotatable bonds is 7. The molecule has 2 N–H and O–H groups in total. The van der Waals surface area contributed by atoms with Crippen LogP contribution in [0.1, 0.15) is 86.9 Å². The van der Waals surface area contributed by atoms with Crippen LogP contribution in [0, 0.1) is 0 Å². The lowest BCUT2D eigenvalue weighted by Gasteiger charge is -2.42. The van der Waals surface area contributed by atoms with Crippen LogP contribution in [0.2, 0.25) is 0 Å². The van der Waals surface area contributed by atoms with Gasteiger partial charge < -0.3 is 29.4 Å². The van der Waals surface area contributed by atoms with E-state index < -0.39 is 42.7 Å². The van der Waals surface area contributed by atoms with Crippen molar-refractivity contribution in [3.63, 3.8) is 0 Å². The zero-order valence-electron chi connectivity index (χ0n) is 26.6. The van der Waals surface area contributed by atoms with Crippen LogP contribution in [0.25, 0.3) is 10.1 Å². The maximum Gasteiger partial charge on any atom is 0.401 e. The summed E-state index contributed by atoms with van der Waals surface area (Å²) in [7, 11) is -5.31. The molecule has 4 heterocycles. The van der Waals surface area contributed by atoms with Gasteiger partial charge in [0.25, 0.3) is 5.91 Å². The third-order valence-electron chi connectivity index (χ3n) is 10.4. The van der Waals surface area contributed by atoms with Gasteiger partial charge in [0.05, 0.1) is 11.5 Å². The highest BCUT2D eigenvalue weighted by Gasteiger charge is 2.53. The number of hydrogen-bond acceptors (Lipinski definition) is 7. The van der Waals surface area contributed by atoms with Gasteiger partial charge in [-0.2, -0.15) is 8.78 Å². The molecule has 4 atom stereocenters. The Bertz CT molecular complexity index is 1620. The summed E-state index contributed by atoms with van der Waals surface area (Å²) in [5.41, 5.74) is -5.02. The van der Waals surface area contributed by atoms with E-state index in [1.165, 1.54) is 30.9 Å². The number of alkyl halides is 2. The van der Waals surface area contributed by atoms with Crippen LogP contribution in [0.3, 0.4) is 0 Å². The topological polar surface area (TPSA) is 137 Å². The first kappa shape index (κ1) is 34.0. The molecule has 1 saturated carbocycles. The minimum absolute atomic E-state index is 0.0248. The predicted molar refractivity (Wildman–Crippen MR) is 171 cm³/mol. The summed E-state index contributed by atoms with van der Waals surface area (Å²) in [4.78, 5) is 69.7. The molecule has 47 heavy (non-hydrogen) atoms. The van der Waals surface area contributed by atoms with Gasteiger partial charge in [-0.05, 0) is 75.5 Å². The van der Waals surface area contributed by atoms with E-state index in [-0.39, 0.29) is 46.8 Å². The van der Waals surface area contributed by atoms with E-state index in [1.807, 2.05) is 4.90 Å². The Kier molecular flexibility index (Phi) is 9.27. The molecule has 6 rings (SSSR count). The van der Waals surface area contributed by atoms with E-state index in [4.69, 9.17) is 0 Å². The van der Waals surface area contributed by atoms with E-state index in [2.05, 4.69) is 9.84 Å². The number of amides is 4. The first-order chi connectivity index (χ1) is 22.3. The lowest BCUT2D eigenvalue weighted by Crippen LogP contribution is -2.62. The van der Waals surface area contributed by atoms with Crippen molar-refractivity contribution in [3.05, 3.63) is 34.7 Å². The summed E-state index contributed by atoms with van der Waals surface area (Å²) in [6.07, 6.45) is 7.76. The van der Waals surface area contributed by atoms with Crippen molar-refractivity contribution in [1.29, 1.82) is 0 Å². The second-order valence-corrected chi connectivity index (χ2v) is 16.1. The minimum Gasteiger partial charge on any atom is -0.340 e. The second kappa shape index (κ2) is 12.8. The number of carbonyl (C=O) groups excluding carboxylic acids is 4. The molecule has 2 aromatic rings. The van der Waals surface area contributed by atoms with Gasteiger partial charge in [-0.3, -0.25) is 23.7 Å². The summed E-state index contributed by atoms with van der Waals surface area (Å²) < 4.78 is 46.9. The molecule has 0 radical (unpaired) electrons. The molecule has 1 aromatic heterocycles. The number of hydrogen-bond donors (Lipinski definition) is 2. The van der Waals surface area contributed by atoms with Crippen LogP contribution in [-0.2, 0) is 29.1 Å². The van der Waals surface area contributed by atoms with Crippen LogP contribution >= 0.6 is 18.9 Å². The molecule has 1 aromatic carbocycles. The summed E-state index contributed by atoms with van der Waals surface area (Å²) in [5.74, 6) is -1.31. The molecule has 4 amide bonds. The predicted octanol–water partition coefficient (Wildman–Crippen LogP) is 4.82. The number of thiophene rings is 1. The zero-order valence-corrected chi connectivity index (χ0v) is 28.3. The summed E-state index contributed by atoms with van der Waals surface area (Å²) in [6.45, 7) is 3.36. The quantitative estimate of drug-likeness (QED) is 0.397. The van der Waals surface area contributed by atoms with Gasteiger partial charge in [0.15, 0.2) is 0 Å². The largest absolute Gasteiger partial charge is 0.401 e. The second-order valence-electron chi connectivity index (χ2n) is 13.1. The maximum atomic E-state index is 14.9. The fourth-order valence-electron chi connectivity index (χ4n) is 8.02. The van der Waals surface area contributed by atoms with E-state index in [0.29, 0.717) is 37.1 Å². The fraction of sp³-hybridized carbons (Fsp3) is 0.625. The molecule has 15 heteroatoms. The van der Waals surface area contributed by atoms with Crippen LogP contribution in [0.4, 0.5) is 8.78 Å². The average Bonchev–Trinajstić information content (AvgIpc) is 3.83. The first-order valence-corrected chi connectivity index (χ1v) is 18.8. The smallest absolute Gasteiger partial charge is 0.340 e. The van der Waals surface area contributed by atoms with E-state index in [9.17, 15) is 37.4 Å². The monoisotopic (exact) mass is 694 g/mol.